The maximum Gasteiger partial charge on any atom is 0.286 e. The number of hydrogen-bond donors (Lipinski definition) is 1. The van der Waals surface area contributed by atoms with Crippen molar-refractivity contribution in [2.75, 3.05) is 18.4 Å². The van der Waals surface area contributed by atoms with Crippen LogP contribution in [-0.2, 0) is 15.8 Å². The Morgan fingerprint density at radius 3 is 2.61 bits per heavy atom. The molecule has 1 fully saturated rings. The summed E-state index contributed by atoms with van der Waals surface area (Å²) < 4.78 is 40.3. The molecule has 4 rings (SSSR count). The molecule has 0 spiro atoms. The molecule has 0 saturated carbocycles. The Bertz CT molecular complexity index is 1150. The van der Waals surface area contributed by atoms with Crippen molar-refractivity contribution in [1.29, 1.82) is 0 Å². The topological polar surface area (TPSA) is 92.3 Å². The van der Waals surface area contributed by atoms with E-state index in [1.807, 2.05) is 18.2 Å². The lowest BCUT2D eigenvalue weighted by atomic mass is 10.0. The van der Waals surface area contributed by atoms with Crippen LogP contribution in [0.1, 0.15) is 39.1 Å². The Kier molecular flexibility index (Phi) is 6.40. The minimum atomic E-state index is -3.45. The summed E-state index contributed by atoms with van der Waals surface area (Å²) in [6, 6.07) is 14.5. The number of carbonyl (C=O) groups excluding carboxylic acids is 1. The average molecular weight is 461 g/mol. The molecular weight excluding hydrogens is 439 g/mol. The molecule has 7 nitrogen and oxygen atoms in total. The lowest BCUT2D eigenvalue weighted by molar-refractivity contribution is 0.102. The highest BCUT2D eigenvalue weighted by Crippen LogP contribution is 2.31. The molecule has 3 aromatic rings. The molecule has 0 bridgehead atoms. The quantitative estimate of drug-likeness (QED) is 0.606. The fourth-order valence-corrected chi connectivity index (χ4v) is 5.96. The summed E-state index contributed by atoms with van der Waals surface area (Å²) in [7, 11) is -3.45. The van der Waals surface area contributed by atoms with Crippen molar-refractivity contribution < 1.29 is 17.6 Å². The van der Waals surface area contributed by atoms with E-state index >= 15 is 0 Å². The molecule has 10 heteroatoms. The molecule has 1 amide bonds. The summed E-state index contributed by atoms with van der Waals surface area (Å²) in [5.41, 5.74) is 1.21. The molecule has 31 heavy (non-hydrogen) atoms. The third kappa shape index (κ3) is 5.33. The van der Waals surface area contributed by atoms with Crippen molar-refractivity contribution in [3.63, 3.8) is 0 Å². The Morgan fingerprint density at radius 1 is 1.13 bits per heavy atom. The minimum Gasteiger partial charge on any atom is -0.320 e. The van der Waals surface area contributed by atoms with Gasteiger partial charge in [-0.25, -0.2) is 17.1 Å². The Labute approximate surface area is 184 Å². The van der Waals surface area contributed by atoms with E-state index in [1.54, 1.807) is 12.1 Å². The fourth-order valence-electron chi connectivity index (χ4n) is 3.48. The molecule has 1 atom stereocenters. The first-order valence-corrected chi connectivity index (χ1v) is 12.3. The van der Waals surface area contributed by atoms with E-state index in [4.69, 9.17) is 0 Å². The van der Waals surface area contributed by atoms with Gasteiger partial charge in [-0.15, -0.1) is 10.2 Å². The van der Waals surface area contributed by atoms with Gasteiger partial charge in [0.1, 0.15) is 10.8 Å². The predicted molar refractivity (Wildman–Crippen MR) is 117 cm³/mol. The maximum atomic E-state index is 13.0. The van der Waals surface area contributed by atoms with Crippen LogP contribution in [0.15, 0.2) is 54.6 Å². The SMILES string of the molecule is O=C(Nc1ccc(F)cc1)c1nnc([C@@H]2CCCN(S(=O)(=O)Cc3ccccc3)C2)s1. The van der Waals surface area contributed by atoms with Crippen molar-refractivity contribution in [3.8, 4) is 0 Å². The first-order chi connectivity index (χ1) is 14.9. The van der Waals surface area contributed by atoms with Crippen LogP contribution >= 0.6 is 11.3 Å². The second-order valence-electron chi connectivity index (χ2n) is 7.35. The number of benzene rings is 2. The lowest BCUT2D eigenvalue weighted by Gasteiger charge is -2.30. The number of nitrogens with zero attached hydrogens (tertiary/aromatic N) is 3. The van der Waals surface area contributed by atoms with Crippen LogP contribution in [-0.4, -0.2) is 41.9 Å². The third-order valence-corrected chi connectivity index (χ3v) is 7.96. The molecule has 1 aliphatic heterocycles. The fraction of sp³-hybridized carbons (Fsp3) is 0.286. The van der Waals surface area contributed by atoms with Crippen LogP contribution in [0.5, 0.6) is 0 Å². The number of sulfonamides is 1. The van der Waals surface area contributed by atoms with Gasteiger partial charge in [-0.2, -0.15) is 0 Å². The highest BCUT2D eigenvalue weighted by Gasteiger charge is 2.32. The van der Waals surface area contributed by atoms with Crippen LogP contribution < -0.4 is 5.32 Å². The number of amides is 1. The van der Waals surface area contributed by atoms with E-state index < -0.39 is 15.9 Å². The number of rotatable bonds is 6. The van der Waals surface area contributed by atoms with Crippen LogP contribution in [0.25, 0.3) is 0 Å². The van der Waals surface area contributed by atoms with E-state index in [9.17, 15) is 17.6 Å². The molecule has 0 aliphatic carbocycles. The van der Waals surface area contributed by atoms with Crippen molar-refractivity contribution in [2.24, 2.45) is 0 Å². The molecule has 0 unspecified atom stereocenters. The molecule has 1 aromatic heterocycles. The molecule has 2 heterocycles. The molecule has 1 aliphatic rings. The summed E-state index contributed by atoms with van der Waals surface area (Å²) in [6.45, 7) is 0.797. The number of nitrogens with one attached hydrogen (secondary N) is 1. The molecule has 0 radical (unpaired) electrons. The first kappa shape index (κ1) is 21.5. The van der Waals surface area contributed by atoms with E-state index in [-0.39, 0.29) is 22.5 Å². The van der Waals surface area contributed by atoms with Gasteiger partial charge in [0, 0.05) is 24.7 Å². The predicted octanol–water partition coefficient (Wildman–Crippen LogP) is 3.64. The number of carbonyl (C=O) groups is 1. The summed E-state index contributed by atoms with van der Waals surface area (Å²) in [5, 5.41) is 11.6. The summed E-state index contributed by atoms with van der Waals surface area (Å²) in [4.78, 5) is 12.4. The van der Waals surface area contributed by atoms with Gasteiger partial charge in [-0.05, 0) is 42.7 Å². The first-order valence-electron chi connectivity index (χ1n) is 9.83. The van der Waals surface area contributed by atoms with Crippen LogP contribution in [0.4, 0.5) is 10.1 Å². The Balaban J connectivity index is 1.42. The zero-order chi connectivity index (χ0) is 21.8. The van der Waals surface area contributed by atoms with E-state index in [1.165, 1.54) is 28.6 Å². The third-order valence-electron chi connectivity index (χ3n) is 5.06. The summed E-state index contributed by atoms with van der Waals surface area (Å²) >= 11 is 1.16. The standard InChI is InChI=1S/C21H21FN4O3S2/c22-17-8-10-18(11-9-17)23-19(27)21-25-24-20(30-21)16-7-4-12-26(13-16)31(28,29)14-15-5-2-1-3-6-15/h1-3,5-6,8-11,16H,4,7,12-14H2,(H,23,27)/t16-/m1/s1. The zero-order valence-corrected chi connectivity index (χ0v) is 18.2. The van der Waals surface area contributed by atoms with Crippen molar-refractivity contribution in [3.05, 3.63) is 76.0 Å². The second kappa shape index (κ2) is 9.21. The largest absolute Gasteiger partial charge is 0.320 e. The van der Waals surface area contributed by atoms with Gasteiger partial charge < -0.3 is 5.32 Å². The van der Waals surface area contributed by atoms with Gasteiger partial charge in [-0.3, -0.25) is 4.79 Å². The normalized spacial score (nSPS) is 17.4. The summed E-state index contributed by atoms with van der Waals surface area (Å²) in [5.74, 6) is -0.966. The zero-order valence-electron chi connectivity index (χ0n) is 16.6. The number of halogens is 1. The van der Waals surface area contributed by atoms with Gasteiger partial charge in [0.25, 0.3) is 5.91 Å². The molecule has 162 valence electrons. The highest BCUT2D eigenvalue weighted by molar-refractivity contribution is 7.88. The second-order valence-corrected chi connectivity index (χ2v) is 10.3. The molecule has 1 N–H and O–H groups in total. The molecule has 2 aromatic carbocycles. The van der Waals surface area contributed by atoms with Gasteiger partial charge in [0.15, 0.2) is 0 Å². The van der Waals surface area contributed by atoms with Crippen molar-refractivity contribution in [1.82, 2.24) is 14.5 Å². The van der Waals surface area contributed by atoms with Gasteiger partial charge in [0.05, 0.1) is 5.75 Å². The lowest BCUT2D eigenvalue weighted by Crippen LogP contribution is -2.39. The van der Waals surface area contributed by atoms with Crippen LogP contribution in [0, 0.1) is 5.82 Å². The van der Waals surface area contributed by atoms with Gasteiger partial charge in [0.2, 0.25) is 15.0 Å². The highest BCUT2D eigenvalue weighted by atomic mass is 32.2. The van der Waals surface area contributed by atoms with E-state index in [2.05, 4.69) is 15.5 Å². The maximum absolute atomic E-state index is 13.0. The average Bonchev–Trinajstić information content (AvgIpc) is 3.26. The summed E-state index contributed by atoms with van der Waals surface area (Å²) in [6.07, 6.45) is 1.50. The van der Waals surface area contributed by atoms with Crippen molar-refractivity contribution >= 4 is 33.0 Å². The molecular formula is C21H21FN4O3S2. The van der Waals surface area contributed by atoms with Crippen LogP contribution in [0.2, 0.25) is 0 Å². The van der Waals surface area contributed by atoms with Gasteiger partial charge in [-0.1, -0.05) is 41.7 Å². The van der Waals surface area contributed by atoms with E-state index in [0.29, 0.717) is 23.8 Å². The van der Waals surface area contributed by atoms with Crippen molar-refractivity contribution in [2.45, 2.75) is 24.5 Å². The smallest absolute Gasteiger partial charge is 0.286 e. The minimum absolute atomic E-state index is 0.0397. The Morgan fingerprint density at radius 2 is 1.87 bits per heavy atom. The van der Waals surface area contributed by atoms with E-state index in [0.717, 1.165) is 29.7 Å². The molecule has 1 saturated heterocycles. The Hall–Kier alpha value is -2.69. The van der Waals surface area contributed by atoms with Crippen LogP contribution in [0.3, 0.4) is 0 Å². The number of hydrogen-bond acceptors (Lipinski definition) is 6. The number of piperidine rings is 1. The van der Waals surface area contributed by atoms with Gasteiger partial charge >= 0.3 is 0 Å². The number of aromatic nitrogens is 2. The monoisotopic (exact) mass is 460 g/mol. The number of anilines is 1.